The standard InChI is InChI=1S/C13H13FO2/c1-13(15,8-10-6-7-16-9-10)11-2-4-12(14)5-3-11/h2-7,9,15H,8H2,1H3. The van der Waals surface area contributed by atoms with Crippen molar-refractivity contribution in [2.75, 3.05) is 0 Å². The van der Waals surface area contributed by atoms with Gasteiger partial charge in [-0.25, -0.2) is 4.39 Å². The van der Waals surface area contributed by atoms with Gasteiger partial charge in [0.15, 0.2) is 0 Å². The molecule has 0 spiro atoms. The zero-order valence-electron chi connectivity index (χ0n) is 8.98. The smallest absolute Gasteiger partial charge is 0.123 e. The Morgan fingerprint density at radius 1 is 1.25 bits per heavy atom. The molecule has 0 bridgehead atoms. The Labute approximate surface area is 93.3 Å². The first kappa shape index (κ1) is 10.9. The third-order valence-corrected chi connectivity index (χ3v) is 2.59. The molecule has 0 aliphatic rings. The summed E-state index contributed by atoms with van der Waals surface area (Å²) in [4.78, 5) is 0. The lowest BCUT2D eigenvalue weighted by Gasteiger charge is -2.23. The maximum absolute atomic E-state index is 12.8. The van der Waals surface area contributed by atoms with Crippen LogP contribution in [0.15, 0.2) is 47.3 Å². The van der Waals surface area contributed by atoms with E-state index < -0.39 is 5.60 Å². The van der Waals surface area contributed by atoms with Gasteiger partial charge in [0.2, 0.25) is 0 Å². The van der Waals surface area contributed by atoms with Crippen molar-refractivity contribution < 1.29 is 13.9 Å². The Hall–Kier alpha value is -1.61. The van der Waals surface area contributed by atoms with Gasteiger partial charge in [0.05, 0.1) is 18.1 Å². The predicted octanol–water partition coefficient (Wildman–Crippen LogP) is 2.87. The van der Waals surface area contributed by atoms with Gasteiger partial charge in [-0.3, -0.25) is 0 Å². The molecule has 0 amide bonds. The van der Waals surface area contributed by atoms with E-state index >= 15 is 0 Å². The first-order valence-corrected chi connectivity index (χ1v) is 5.07. The fraction of sp³-hybridized carbons (Fsp3) is 0.231. The van der Waals surface area contributed by atoms with Crippen LogP contribution in [0.3, 0.4) is 0 Å². The summed E-state index contributed by atoms with van der Waals surface area (Å²) in [6.45, 7) is 1.70. The van der Waals surface area contributed by atoms with Crippen molar-refractivity contribution in [3.05, 3.63) is 59.8 Å². The van der Waals surface area contributed by atoms with Crippen LogP contribution >= 0.6 is 0 Å². The second-order valence-corrected chi connectivity index (χ2v) is 4.09. The summed E-state index contributed by atoms with van der Waals surface area (Å²) < 4.78 is 17.7. The van der Waals surface area contributed by atoms with Crippen LogP contribution in [0.2, 0.25) is 0 Å². The minimum atomic E-state index is -1.02. The third-order valence-electron chi connectivity index (χ3n) is 2.59. The lowest BCUT2D eigenvalue weighted by Crippen LogP contribution is -2.23. The van der Waals surface area contributed by atoms with E-state index in [1.165, 1.54) is 12.1 Å². The van der Waals surface area contributed by atoms with Gasteiger partial charge in [0.25, 0.3) is 0 Å². The number of halogens is 1. The van der Waals surface area contributed by atoms with E-state index in [0.29, 0.717) is 12.0 Å². The fourth-order valence-corrected chi connectivity index (χ4v) is 1.70. The molecular weight excluding hydrogens is 207 g/mol. The average Bonchev–Trinajstić information content (AvgIpc) is 2.70. The molecule has 3 heteroatoms. The molecule has 0 fully saturated rings. The Balaban J connectivity index is 2.21. The van der Waals surface area contributed by atoms with Crippen molar-refractivity contribution in [3.8, 4) is 0 Å². The van der Waals surface area contributed by atoms with Gasteiger partial charge >= 0.3 is 0 Å². The number of hydrogen-bond donors (Lipinski definition) is 1. The van der Waals surface area contributed by atoms with E-state index in [-0.39, 0.29) is 5.82 Å². The second-order valence-electron chi connectivity index (χ2n) is 4.09. The van der Waals surface area contributed by atoms with E-state index in [2.05, 4.69) is 0 Å². The number of hydrogen-bond acceptors (Lipinski definition) is 2. The molecule has 1 heterocycles. The molecule has 2 rings (SSSR count). The van der Waals surface area contributed by atoms with Gasteiger partial charge in [-0.05, 0) is 36.2 Å². The zero-order valence-corrected chi connectivity index (χ0v) is 8.98. The summed E-state index contributed by atoms with van der Waals surface area (Å²) >= 11 is 0. The summed E-state index contributed by atoms with van der Waals surface area (Å²) in [5.41, 5.74) is 0.585. The van der Waals surface area contributed by atoms with Crippen LogP contribution in [0.4, 0.5) is 4.39 Å². The Kier molecular flexibility index (Phi) is 2.79. The molecule has 1 atom stereocenters. The van der Waals surface area contributed by atoms with Gasteiger partial charge in [0, 0.05) is 6.42 Å². The monoisotopic (exact) mass is 220 g/mol. The predicted molar refractivity (Wildman–Crippen MR) is 58.4 cm³/mol. The highest BCUT2D eigenvalue weighted by Crippen LogP contribution is 2.25. The van der Waals surface area contributed by atoms with E-state index in [1.54, 1.807) is 37.6 Å². The Morgan fingerprint density at radius 2 is 1.94 bits per heavy atom. The highest BCUT2D eigenvalue weighted by Gasteiger charge is 2.23. The van der Waals surface area contributed by atoms with Gasteiger partial charge < -0.3 is 9.52 Å². The first-order valence-electron chi connectivity index (χ1n) is 5.07. The van der Waals surface area contributed by atoms with Crippen molar-refractivity contribution in [2.24, 2.45) is 0 Å². The lowest BCUT2D eigenvalue weighted by molar-refractivity contribution is 0.0574. The summed E-state index contributed by atoms with van der Waals surface area (Å²) in [6.07, 6.45) is 3.60. The van der Waals surface area contributed by atoms with Crippen molar-refractivity contribution in [2.45, 2.75) is 18.9 Å². The molecule has 1 aromatic heterocycles. The number of rotatable bonds is 3. The molecule has 1 aromatic carbocycles. The van der Waals surface area contributed by atoms with Crippen molar-refractivity contribution in [1.82, 2.24) is 0 Å². The normalized spacial score (nSPS) is 14.7. The maximum atomic E-state index is 12.8. The SMILES string of the molecule is CC(O)(Cc1ccoc1)c1ccc(F)cc1. The highest BCUT2D eigenvalue weighted by molar-refractivity contribution is 5.25. The molecule has 1 unspecified atom stereocenters. The van der Waals surface area contributed by atoms with Crippen LogP contribution in [0.1, 0.15) is 18.1 Å². The molecule has 16 heavy (non-hydrogen) atoms. The Bertz CT molecular complexity index is 443. The third kappa shape index (κ3) is 2.31. The summed E-state index contributed by atoms with van der Waals surface area (Å²) in [7, 11) is 0. The van der Waals surface area contributed by atoms with Gasteiger partial charge in [0.1, 0.15) is 5.82 Å². The molecule has 0 saturated carbocycles. The van der Waals surface area contributed by atoms with Crippen molar-refractivity contribution in [3.63, 3.8) is 0 Å². The van der Waals surface area contributed by atoms with E-state index in [1.807, 2.05) is 0 Å². The van der Waals surface area contributed by atoms with Crippen molar-refractivity contribution in [1.29, 1.82) is 0 Å². The minimum absolute atomic E-state index is 0.303. The second kappa shape index (κ2) is 4.10. The molecule has 0 saturated heterocycles. The topological polar surface area (TPSA) is 33.4 Å². The molecule has 84 valence electrons. The van der Waals surface area contributed by atoms with E-state index in [0.717, 1.165) is 5.56 Å². The Morgan fingerprint density at radius 3 is 2.50 bits per heavy atom. The molecule has 2 nitrogen and oxygen atoms in total. The lowest BCUT2D eigenvalue weighted by atomic mass is 9.90. The minimum Gasteiger partial charge on any atom is -0.472 e. The number of furan rings is 1. The molecule has 0 aliphatic heterocycles. The van der Waals surface area contributed by atoms with Gasteiger partial charge in [-0.1, -0.05) is 12.1 Å². The quantitative estimate of drug-likeness (QED) is 0.862. The van der Waals surface area contributed by atoms with Gasteiger partial charge in [-0.15, -0.1) is 0 Å². The molecule has 2 aromatic rings. The molecule has 1 N–H and O–H groups in total. The van der Waals surface area contributed by atoms with Crippen LogP contribution in [0, 0.1) is 5.82 Å². The largest absolute Gasteiger partial charge is 0.472 e. The summed E-state index contributed by atoms with van der Waals surface area (Å²) in [6, 6.07) is 7.68. The van der Waals surface area contributed by atoms with E-state index in [4.69, 9.17) is 4.42 Å². The van der Waals surface area contributed by atoms with Crippen LogP contribution in [0.5, 0.6) is 0 Å². The molecule has 0 radical (unpaired) electrons. The van der Waals surface area contributed by atoms with Crippen LogP contribution in [-0.4, -0.2) is 5.11 Å². The summed E-state index contributed by atoms with van der Waals surface area (Å²) in [5.74, 6) is -0.303. The van der Waals surface area contributed by atoms with Crippen molar-refractivity contribution >= 4 is 0 Å². The fourth-order valence-electron chi connectivity index (χ4n) is 1.70. The molecular formula is C13H13FO2. The first-order chi connectivity index (χ1) is 7.58. The number of benzene rings is 1. The zero-order chi connectivity index (χ0) is 11.6. The van der Waals surface area contributed by atoms with Crippen LogP contribution < -0.4 is 0 Å². The number of aliphatic hydroxyl groups is 1. The van der Waals surface area contributed by atoms with Crippen LogP contribution in [-0.2, 0) is 12.0 Å². The van der Waals surface area contributed by atoms with E-state index in [9.17, 15) is 9.50 Å². The molecule has 0 aliphatic carbocycles. The average molecular weight is 220 g/mol. The van der Waals surface area contributed by atoms with Gasteiger partial charge in [-0.2, -0.15) is 0 Å². The maximum Gasteiger partial charge on any atom is 0.123 e. The van der Waals surface area contributed by atoms with Crippen LogP contribution in [0.25, 0.3) is 0 Å². The highest BCUT2D eigenvalue weighted by atomic mass is 19.1. The summed E-state index contributed by atoms with van der Waals surface area (Å²) in [5, 5.41) is 10.3.